The van der Waals surface area contributed by atoms with E-state index in [9.17, 15) is 13.2 Å². The minimum atomic E-state index is -3.30. The lowest BCUT2D eigenvalue weighted by atomic mass is 9.93. The highest BCUT2D eigenvalue weighted by Gasteiger charge is 2.25. The molecular formula is C25H34N2O4S. The lowest BCUT2D eigenvalue weighted by Gasteiger charge is -2.21. The van der Waals surface area contributed by atoms with Crippen molar-refractivity contribution in [3.63, 3.8) is 0 Å². The summed E-state index contributed by atoms with van der Waals surface area (Å²) in [6.45, 7) is 9.42. The van der Waals surface area contributed by atoms with Crippen LogP contribution in [0.2, 0.25) is 0 Å². The summed E-state index contributed by atoms with van der Waals surface area (Å²) in [5.74, 6) is 0.942. The van der Waals surface area contributed by atoms with Crippen molar-refractivity contribution in [3.8, 4) is 5.75 Å². The summed E-state index contributed by atoms with van der Waals surface area (Å²) >= 11 is 0. The molecule has 0 spiro atoms. The molecular weight excluding hydrogens is 424 g/mol. The van der Waals surface area contributed by atoms with Crippen LogP contribution < -0.4 is 10.1 Å². The average Bonchev–Trinajstić information content (AvgIpc) is 3.29. The zero-order valence-electron chi connectivity index (χ0n) is 19.6. The Hall–Kier alpha value is -2.38. The number of amides is 1. The van der Waals surface area contributed by atoms with E-state index in [2.05, 4.69) is 25.2 Å². The van der Waals surface area contributed by atoms with Gasteiger partial charge in [-0.3, -0.25) is 4.79 Å². The molecule has 3 rings (SSSR count). The maximum absolute atomic E-state index is 12.8. The van der Waals surface area contributed by atoms with E-state index in [-0.39, 0.29) is 17.7 Å². The summed E-state index contributed by atoms with van der Waals surface area (Å²) in [6.07, 6.45) is 1.84. The number of methoxy groups -OCH3 is 1. The Morgan fingerprint density at radius 3 is 2.25 bits per heavy atom. The van der Waals surface area contributed by atoms with Crippen LogP contribution in [0.3, 0.4) is 0 Å². The molecule has 1 fully saturated rings. The fourth-order valence-corrected chi connectivity index (χ4v) is 5.80. The largest absolute Gasteiger partial charge is 0.496 e. The zero-order chi connectivity index (χ0) is 23.5. The Kier molecular flexibility index (Phi) is 7.62. The predicted molar refractivity (Wildman–Crippen MR) is 128 cm³/mol. The lowest BCUT2D eigenvalue weighted by Crippen LogP contribution is -2.29. The monoisotopic (exact) mass is 458 g/mol. The summed E-state index contributed by atoms with van der Waals surface area (Å²) < 4.78 is 32.1. The van der Waals surface area contributed by atoms with Crippen molar-refractivity contribution in [1.82, 2.24) is 9.62 Å². The number of ether oxygens (including phenoxy) is 1. The number of sulfonamides is 1. The van der Waals surface area contributed by atoms with Crippen molar-refractivity contribution in [2.45, 2.75) is 58.2 Å². The van der Waals surface area contributed by atoms with Gasteiger partial charge in [-0.2, -0.15) is 0 Å². The van der Waals surface area contributed by atoms with E-state index in [4.69, 9.17) is 4.74 Å². The van der Waals surface area contributed by atoms with Crippen molar-refractivity contribution in [2.75, 3.05) is 20.2 Å². The van der Waals surface area contributed by atoms with E-state index in [1.165, 1.54) is 0 Å². The van der Waals surface area contributed by atoms with E-state index < -0.39 is 10.0 Å². The van der Waals surface area contributed by atoms with Gasteiger partial charge < -0.3 is 10.1 Å². The van der Waals surface area contributed by atoms with E-state index >= 15 is 0 Å². The Morgan fingerprint density at radius 2 is 1.69 bits per heavy atom. The first kappa shape index (κ1) is 24.3. The second-order valence-corrected chi connectivity index (χ2v) is 10.8. The Labute approximate surface area is 192 Å². The SMILES string of the molecule is COc1cc(C)c([C@H](C)NC(=O)c2ccc(CS(=O)(=O)N3CCCC3)cc2)cc1C(C)C. The molecule has 0 unspecified atom stereocenters. The molecule has 1 heterocycles. The van der Waals surface area contributed by atoms with Gasteiger partial charge >= 0.3 is 0 Å². The number of hydrogen-bond donors (Lipinski definition) is 1. The van der Waals surface area contributed by atoms with Crippen molar-refractivity contribution in [1.29, 1.82) is 0 Å². The second-order valence-electron chi connectivity index (χ2n) is 8.86. The van der Waals surface area contributed by atoms with Gasteiger partial charge in [-0.25, -0.2) is 12.7 Å². The first-order valence-corrected chi connectivity index (χ1v) is 12.8. The molecule has 0 saturated carbocycles. The number of carbonyl (C=O) groups excluding carboxylic acids is 1. The molecule has 0 aromatic heterocycles. The molecule has 0 radical (unpaired) electrons. The van der Waals surface area contributed by atoms with E-state index in [1.807, 2.05) is 19.9 Å². The number of nitrogens with one attached hydrogen (secondary N) is 1. The summed E-state index contributed by atoms with van der Waals surface area (Å²) in [4.78, 5) is 12.8. The third-order valence-corrected chi connectivity index (χ3v) is 7.93. The molecule has 1 amide bonds. The van der Waals surface area contributed by atoms with Crippen LogP contribution in [0.5, 0.6) is 5.75 Å². The van der Waals surface area contributed by atoms with Gasteiger partial charge in [0.25, 0.3) is 5.91 Å². The molecule has 2 aromatic rings. The number of carbonyl (C=O) groups is 1. The molecule has 0 aliphatic carbocycles. The Morgan fingerprint density at radius 1 is 1.06 bits per heavy atom. The van der Waals surface area contributed by atoms with Gasteiger partial charge in [0.2, 0.25) is 10.0 Å². The third-order valence-electron chi connectivity index (χ3n) is 6.08. The van der Waals surface area contributed by atoms with Crippen LogP contribution in [0.1, 0.15) is 78.2 Å². The van der Waals surface area contributed by atoms with Gasteiger partial charge in [0.05, 0.1) is 18.9 Å². The first-order valence-electron chi connectivity index (χ1n) is 11.2. The number of benzene rings is 2. The van der Waals surface area contributed by atoms with E-state index in [1.54, 1.807) is 35.7 Å². The number of nitrogens with zero attached hydrogens (tertiary/aromatic N) is 1. The van der Waals surface area contributed by atoms with Gasteiger partial charge in [-0.05, 0) is 79.1 Å². The van der Waals surface area contributed by atoms with Crippen molar-refractivity contribution >= 4 is 15.9 Å². The predicted octanol–water partition coefficient (Wildman–Crippen LogP) is 4.54. The van der Waals surface area contributed by atoms with Crippen LogP contribution in [-0.2, 0) is 15.8 Å². The molecule has 174 valence electrons. The van der Waals surface area contributed by atoms with Crippen LogP contribution in [0, 0.1) is 6.92 Å². The molecule has 7 heteroatoms. The fraction of sp³-hybridized carbons (Fsp3) is 0.480. The van der Waals surface area contributed by atoms with Gasteiger partial charge in [-0.1, -0.05) is 26.0 Å². The molecule has 2 aromatic carbocycles. The van der Waals surface area contributed by atoms with Crippen LogP contribution >= 0.6 is 0 Å². The highest BCUT2D eigenvalue weighted by atomic mass is 32.2. The van der Waals surface area contributed by atoms with Crippen LogP contribution in [-0.4, -0.2) is 38.8 Å². The molecule has 1 saturated heterocycles. The van der Waals surface area contributed by atoms with Gasteiger partial charge in [0.15, 0.2) is 0 Å². The van der Waals surface area contributed by atoms with E-state index in [0.717, 1.165) is 35.3 Å². The van der Waals surface area contributed by atoms with Gasteiger partial charge in [-0.15, -0.1) is 0 Å². The second kappa shape index (κ2) is 10.0. The van der Waals surface area contributed by atoms with Gasteiger partial charge in [0, 0.05) is 18.7 Å². The minimum absolute atomic E-state index is 0.0334. The van der Waals surface area contributed by atoms with Crippen molar-refractivity contribution in [2.24, 2.45) is 0 Å². The maximum atomic E-state index is 12.8. The topological polar surface area (TPSA) is 75.7 Å². The van der Waals surface area contributed by atoms with Crippen LogP contribution in [0.25, 0.3) is 0 Å². The molecule has 1 N–H and O–H groups in total. The lowest BCUT2D eigenvalue weighted by molar-refractivity contribution is 0.0940. The van der Waals surface area contributed by atoms with E-state index in [0.29, 0.717) is 30.1 Å². The smallest absolute Gasteiger partial charge is 0.251 e. The van der Waals surface area contributed by atoms with Crippen LogP contribution in [0.4, 0.5) is 0 Å². The number of aryl methyl sites for hydroxylation is 1. The summed E-state index contributed by atoms with van der Waals surface area (Å²) in [5.41, 5.74) is 4.42. The summed E-state index contributed by atoms with van der Waals surface area (Å²) in [6, 6.07) is 10.8. The quantitative estimate of drug-likeness (QED) is 0.630. The maximum Gasteiger partial charge on any atom is 0.251 e. The summed E-state index contributed by atoms with van der Waals surface area (Å²) in [5, 5.41) is 3.06. The number of hydrogen-bond acceptors (Lipinski definition) is 4. The molecule has 0 bridgehead atoms. The standard InChI is InChI=1S/C25H34N2O4S/c1-17(2)22-15-23(18(3)14-24(22)31-5)19(4)26-25(28)21-10-8-20(9-11-21)16-32(29,30)27-12-6-7-13-27/h8-11,14-15,17,19H,6-7,12-13,16H2,1-5H3,(H,26,28)/t19-/m0/s1. The Bertz CT molecular complexity index is 1060. The highest BCUT2D eigenvalue weighted by Crippen LogP contribution is 2.32. The molecule has 1 aliphatic heterocycles. The minimum Gasteiger partial charge on any atom is -0.496 e. The van der Waals surface area contributed by atoms with Crippen molar-refractivity contribution < 1.29 is 17.9 Å². The average molecular weight is 459 g/mol. The molecule has 32 heavy (non-hydrogen) atoms. The summed E-state index contributed by atoms with van der Waals surface area (Å²) in [7, 11) is -1.63. The Balaban J connectivity index is 1.70. The zero-order valence-corrected chi connectivity index (χ0v) is 20.5. The fourth-order valence-electron chi connectivity index (χ4n) is 4.19. The molecule has 1 aliphatic rings. The van der Waals surface area contributed by atoms with Gasteiger partial charge in [0.1, 0.15) is 5.75 Å². The van der Waals surface area contributed by atoms with Crippen molar-refractivity contribution in [3.05, 3.63) is 64.2 Å². The number of rotatable bonds is 8. The van der Waals surface area contributed by atoms with Crippen LogP contribution in [0.15, 0.2) is 36.4 Å². The molecule has 6 nitrogen and oxygen atoms in total. The molecule has 1 atom stereocenters. The third kappa shape index (κ3) is 5.51. The highest BCUT2D eigenvalue weighted by molar-refractivity contribution is 7.88. The normalized spacial score (nSPS) is 15.7. The first-order chi connectivity index (χ1) is 15.1.